The van der Waals surface area contributed by atoms with Crippen molar-refractivity contribution in [3.8, 4) is 11.3 Å². The average molecular weight is 493 g/mol. The van der Waals surface area contributed by atoms with Crippen LogP contribution in [0.2, 0.25) is 0 Å². The van der Waals surface area contributed by atoms with Crippen molar-refractivity contribution in [1.29, 1.82) is 0 Å². The number of hydrogen-bond donors (Lipinski definition) is 1. The van der Waals surface area contributed by atoms with Gasteiger partial charge in [0.15, 0.2) is 0 Å². The fraction of sp³-hybridized carbons (Fsp3) is 0.281. The molecule has 0 saturated carbocycles. The maximum Gasteiger partial charge on any atom is 0.303 e. The van der Waals surface area contributed by atoms with E-state index in [0.29, 0.717) is 17.9 Å². The van der Waals surface area contributed by atoms with Crippen molar-refractivity contribution >= 4 is 22.8 Å². The molecule has 1 aliphatic rings. The topological polar surface area (TPSA) is 70.5 Å². The molecule has 1 aliphatic heterocycles. The Morgan fingerprint density at radius 1 is 0.919 bits per heavy atom. The van der Waals surface area contributed by atoms with Gasteiger partial charge in [0.2, 0.25) is 0 Å². The highest BCUT2D eigenvalue weighted by molar-refractivity contribution is 5.98. The highest BCUT2D eigenvalue weighted by atomic mass is 16.4. The molecule has 0 spiro atoms. The van der Waals surface area contributed by atoms with E-state index in [1.807, 2.05) is 59.5 Å². The Bertz CT molecular complexity index is 1390. The summed E-state index contributed by atoms with van der Waals surface area (Å²) in [7, 11) is 0. The fourth-order valence-electron chi connectivity index (χ4n) is 5.32. The van der Waals surface area contributed by atoms with Crippen LogP contribution in [0.1, 0.15) is 59.5 Å². The van der Waals surface area contributed by atoms with Crippen molar-refractivity contribution in [3.63, 3.8) is 0 Å². The van der Waals surface area contributed by atoms with E-state index < -0.39 is 5.97 Å². The third kappa shape index (κ3) is 5.88. The Morgan fingerprint density at radius 2 is 1.68 bits per heavy atom. The number of fused-ring (bicyclic) bond motifs is 1. The van der Waals surface area contributed by atoms with E-state index >= 15 is 0 Å². The molecule has 37 heavy (non-hydrogen) atoms. The zero-order valence-corrected chi connectivity index (χ0v) is 21.0. The van der Waals surface area contributed by atoms with Gasteiger partial charge in [0.25, 0.3) is 5.91 Å². The summed E-state index contributed by atoms with van der Waals surface area (Å²) in [5.74, 6) is -0.333. The van der Waals surface area contributed by atoms with Crippen LogP contribution in [0, 0.1) is 0 Å². The number of amides is 1. The molecule has 188 valence electrons. The molecular weight excluding hydrogens is 460 g/mol. The number of aliphatic carboxylic acids is 1. The van der Waals surface area contributed by atoms with Crippen LogP contribution in [0.5, 0.6) is 0 Å². The first kappa shape index (κ1) is 24.7. The lowest BCUT2D eigenvalue weighted by molar-refractivity contribution is -0.137. The Labute approximate surface area is 217 Å². The quantitative estimate of drug-likeness (QED) is 0.277. The number of nitrogens with zero attached hydrogens (tertiary/aromatic N) is 2. The van der Waals surface area contributed by atoms with Crippen LogP contribution < -0.4 is 0 Å². The van der Waals surface area contributed by atoms with E-state index in [0.717, 1.165) is 66.5 Å². The fourth-order valence-corrected chi connectivity index (χ4v) is 5.32. The lowest BCUT2D eigenvalue weighted by atomic mass is 9.90. The molecule has 1 atom stereocenters. The molecule has 2 heterocycles. The number of aryl methyl sites for hydroxylation is 1. The number of hydrogen-bond acceptors (Lipinski definition) is 3. The van der Waals surface area contributed by atoms with Gasteiger partial charge in [-0.3, -0.25) is 9.59 Å². The zero-order valence-electron chi connectivity index (χ0n) is 21.0. The zero-order chi connectivity index (χ0) is 25.6. The van der Waals surface area contributed by atoms with Crippen LogP contribution in [0.3, 0.4) is 0 Å². The summed E-state index contributed by atoms with van der Waals surface area (Å²) in [6.07, 6.45) is 4.40. The number of carbonyl (C=O) groups is 2. The van der Waals surface area contributed by atoms with E-state index in [2.05, 4.69) is 30.3 Å². The number of likely N-dealkylation sites (tertiary alicyclic amines) is 1. The molecule has 5 rings (SSSR count). The summed E-state index contributed by atoms with van der Waals surface area (Å²) in [6.45, 7) is 1.52. The standard InChI is InChI=1S/C32H32N2O3/c35-30(36)16-8-7-14-25-20-28-21-26(17-18-29(28)33-31(25)24-12-5-2-6-13-24)32(37)34-19-9-15-27(22-34)23-10-3-1-4-11-23/h1-6,10-13,17-18,20-21,27H,7-9,14-16,19,22H2,(H,35,36)/t27-/m0/s1. The van der Waals surface area contributed by atoms with Gasteiger partial charge in [0.1, 0.15) is 0 Å². The second-order valence-electron chi connectivity index (χ2n) is 9.87. The van der Waals surface area contributed by atoms with Gasteiger partial charge in [-0.05, 0) is 67.5 Å². The summed E-state index contributed by atoms with van der Waals surface area (Å²) in [5.41, 5.74) is 5.87. The molecule has 5 heteroatoms. The molecule has 1 amide bonds. The third-order valence-electron chi connectivity index (χ3n) is 7.25. The molecule has 4 aromatic rings. The van der Waals surface area contributed by atoms with E-state index in [-0.39, 0.29) is 12.3 Å². The number of rotatable bonds is 8. The molecule has 3 aromatic carbocycles. The van der Waals surface area contributed by atoms with Crippen molar-refractivity contribution in [3.05, 3.63) is 102 Å². The van der Waals surface area contributed by atoms with Crippen molar-refractivity contribution in [1.82, 2.24) is 9.88 Å². The van der Waals surface area contributed by atoms with Crippen LogP contribution in [0.4, 0.5) is 0 Å². The normalized spacial score (nSPS) is 15.6. The Hall–Kier alpha value is -3.99. The van der Waals surface area contributed by atoms with Crippen LogP contribution in [0.25, 0.3) is 22.2 Å². The van der Waals surface area contributed by atoms with Crippen LogP contribution in [-0.4, -0.2) is 40.0 Å². The number of benzene rings is 3. The predicted octanol–water partition coefficient (Wildman–Crippen LogP) is 6.72. The Morgan fingerprint density at radius 3 is 2.43 bits per heavy atom. The minimum absolute atomic E-state index is 0.0673. The monoisotopic (exact) mass is 492 g/mol. The summed E-state index contributed by atoms with van der Waals surface area (Å²) >= 11 is 0. The van der Waals surface area contributed by atoms with Gasteiger partial charge in [-0.2, -0.15) is 0 Å². The van der Waals surface area contributed by atoms with Gasteiger partial charge in [0.05, 0.1) is 11.2 Å². The number of pyridine rings is 1. The smallest absolute Gasteiger partial charge is 0.303 e. The van der Waals surface area contributed by atoms with E-state index in [4.69, 9.17) is 10.1 Å². The van der Waals surface area contributed by atoms with Crippen molar-refractivity contribution in [2.75, 3.05) is 13.1 Å². The molecule has 0 unspecified atom stereocenters. The van der Waals surface area contributed by atoms with E-state index in [1.165, 1.54) is 5.56 Å². The maximum absolute atomic E-state index is 13.5. The number of aromatic nitrogens is 1. The maximum atomic E-state index is 13.5. The van der Waals surface area contributed by atoms with Crippen LogP contribution >= 0.6 is 0 Å². The molecule has 0 bridgehead atoms. The highest BCUT2D eigenvalue weighted by Gasteiger charge is 2.25. The lowest BCUT2D eigenvalue weighted by Gasteiger charge is -2.33. The molecule has 5 nitrogen and oxygen atoms in total. The second-order valence-corrected chi connectivity index (χ2v) is 9.87. The molecule has 1 N–H and O–H groups in total. The van der Waals surface area contributed by atoms with Gasteiger partial charge in [-0.1, -0.05) is 60.7 Å². The molecule has 1 fully saturated rings. The summed E-state index contributed by atoms with van der Waals surface area (Å²) < 4.78 is 0. The molecule has 1 saturated heterocycles. The average Bonchev–Trinajstić information content (AvgIpc) is 2.95. The molecule has 1 aromatic heterocycles. The SMILES string of the molecule is O=C(O)CCCCc1cc2cc(C(=O)N3CCC[C@H](c4ccccc4)C3)ccc2nc1-c1ccccc1. The minimum atomic E-state index is -0.768. The summed E-state index contributed by atoms with van der Waals surface area (Å²) in [6, 6.07) is 28.5. The van der Waals surface area contributed by atoms with Crippen molar-refractivity contribution < 1.29 is 14.7 Å². The predicted molar refractivity (Wildman–Crippen MR) is 147 cm³/mol. The van der Waals surface area contributed by atoms with Crippen LogP contribution in [-0.2, 0) is 11.2 Å². The van der Waals surface area contributed by atoms with Crippen molar-refractivity contribution in [2.24, 2.45) is 0 Å². The van der Waals surface area contributed by atoms with Gasteiger partial charge < -0.3 is 10.0 Å². The number of carbonyl (C=O) groups excluding carboxylic acids is 1. The van der Waals surface area contributed by atoms with E-state index in [9.17, 15) is 9.59 Å². The second kappa shape index (κ2) is 11.4. The lowest BCUT2D eigenvalue weighted by Crippen LogP contribution is -2.39. The first-order valence-corrected chi connectivity index (χ1v) is 13.1. The molecule has 0 radical (unpaired) electrons. The number of piperidine rings is 1. The van der Waals surface area contributed by atoms with Gasteiger partial charge >= 0.3 is 5.97 Å². The minimum Gasteiger partial charge on any atom is -0.481 e. The summed E-state index contributed by atoms with van der Waals surface area (Å²) in [4.78, 5) is 31.4. The molecular formula is C32H32N2O3. The first-order chi connectivity index (χ1) is 18.1. The van der Waals surface area contributed by atoms with Crippen molar-refractivity contribution in [2.45, 2.75) is 44.4 Å². The number of carboxylic acids is 1. The van der Waals surface area contributed by atoms with Crippen LogP contribution in [0.15, 0.2) is 84.9 Å². The highest BCUT2D eigenvalue weighted by Crippen LogP contribution is 2.30. The number of carboxylic acid groups (broad SMARTS) is 1. The Balaban J connectivity index is 1.41. The number of unbranched alkanes of at least 4 members (excludes halogenated alkanes) is 1. The largest absolute Gasteiger partial charge is 0.481 e. The molecule has 0 aliphatic carbocycles. The van der Waals surface area contributed by atoms with Gasteiger partial charge in [0, 0.05) is 41.9 Å². The van der Waals surface area contributed by atoms with Gasteiger partial charge in [-0.15, -0.1) is 0 Å². The third-order valence-corrected chi connectivity index (χ3v) is 7.25. The van der Waals surface area contributed by atoms with E-state index in [1.54, 1.807) is 0 Å². The Kier molecular flexibility index (Phi) is 7.59. The first-order valence-electron chi connectivity index (χ1n) is 13.1. The summed E-state index contributed by atoms with van der Waals surface area (Å²) in [5, 5.41) is 9.95. The van der Waals surface area contributed by atoms with Gasteiger partial charge in [-0.25, -0.2) is 4.98 Å².